The Morgan fingerprint density at radius 1 is 1.03 bits per heavy atom. The van der Waals surface area contributed by atoms with Gasteiger partial charge in [0.2, 0.25) is 10.0 Å². The molecule has 1 spiro atoms. The van der Waals surface area contributed by atoms with E-state index in [9.17, 15) is 17.6 Å². The lowest BCUT2D eigenvalue weighted by Gasteiger charge is -2.42. The number of carbonyl (C=O) groups is 1. The first-order chi connectivity index (χ1) is 15.2. The third-order valence-electron chi connectivity index (χ3n) is 5.83. The standard InChI is InChI=1S/C23H27FN2O5S/c1-17(2)31-20-7-3-18(4-8-20)22(27)25-13-11-23(12-14-25)26(15-16-30-23)32(28,29)21-9-5-19(24)6-10-21/h3-10,17H,11-16H2,1-2H3. The van der Waals surface area contributed by atoms with Crippen LogP contribution >= 0.6 is 0 Å². The van der Waals surface area contributed by atoms with E-state index in [0.29, 0.717) is 37.2 Å². The minimum Gasteiger partial charge on any atom is -0.491 e. The number of likely N-dealkylation sites (tertiary alicyclic amines) is 1. The molecule has 0 atom stereocenters. The van der Waals surface area contributed by atoms with Crippen LogP contribution < -0.4 is 4.74 Å². The van der Waals surface area contributed by atoms with Crippen LogP contribution in [-0.2, 0) is 14.8 Å². The van der Waals surface area contributed by atoms with E-state index in [0.717, 1.165) is 12.1 Å². The van der Waals surface area contributed by atoms with Crippen LogP contribution in [0.5, 0.6) is 5.75 Å². The minimum absolute atomic E-state index is 0.0333. The van der Waals surface area contributed by atoms with E-state index in [1.165, 1.54) is 16.4 Å². The predicted octanol–water partition coefficient (Wildman–Crippen LogP) is 3.27. The Morgan fingerprint density at radius 3 is 2.25 bits per heavy atom. The molecule has 9 heteroatoms. The van der Waals surface area contributed by atoms with Gasteiger partial charge in [0.15, 0.2) is 0 Å². The molecule has 0 aromatic heterocycles. The molecule has 2 heterocycles. The summed E-state index contributed by atoms with van der Waals surface area (Å²) in [7, 11) is -3.84. The van der Waals surface area contributed by atoms with Gasteiger partial charge in [0.1, 0.15) is 17.3 Å². The summed E-state index contributed by atoms with van der Waals surface area (Å²) < 4.78 is 52.6. The molecule has 0 saturated carbocycles. The number of amides is 1. The monoisotopic (exact) mass is 462 g/mol. The van der Waals surface area contributed by atoms with Crippen molar-refractivity contribution in [3.05, 3.63) is 59.9 Å². The zero-order valence-electron chi connectivity index (χ0n) is 18.2. The zero-order valence-corrected chi connectivity index (χ0v) is 19.0. The lowest BCUT2D eigenvalue weighted by Crippen LogP contribution is -2.55. The Kier molecular flexibility index (Phi) is 6.24. The van der Waals surface area contributed by atoms with Gasteiger partial charge in [0.25, 0.3) is 5.91 Å². The van der Waals surface area contributed by atoms with Gasteiger partial charge in [-0.3, -0.25) is 4.79 Å². The highest BCUT2D eigenvalue weighted by Crippen LogP contribution is 2.38. The Bertz CT molecular complexity index is 1060. The molecule has 4 rings (SSSR count). The summed E-state index contributed by atoms with van der Waals surface area (Å²) in [5, 5.41) is 0. The number of nitrogens with zero attached hydrogens (tertiary/aromatic N) is 2. The van der Waals surface area contributed by atoms with Crippen molar-refractivity contribution < 1.29 is 27.1 Å². The average Bonchev–Trinajstić information content (AvgIpc) is 3.18. The van der Waals surface area contributed by atoms with Crippen LogP contribution in [0.25, 0.3) is 0 Å². The maximum Gasteiger partial charge on any atom is 0.253 e. The van der Waals surface area contributed by atoms with Gasteiger partial charge in [-0.15, -0.1) is 0 Å². The molecule has 2 saturated heterocycles. The summed E-state index contributed by atoms with van der Waals surface area (Å²) in [6.45, 7) is 5.13. The van der Waals surface area contributed by atoms with Crippen molar-refractivity contribution >= 4 is 15.9 Å². The van der Waals surface area contributed by atoms with Crippen molar-refractivity contribution in [1.29, 1.82) is 0 Å². The van der Waals surface area contributed by atoms with E-state index in [1.807, 2.05) is 13.8 Å². The van der Waals surface area contributed by atoms with E-state index in [-0.39, 0.29) is 30.1 Å². The Hall–Kier alpha value is -2.49. The Morgan fingerprint density at radius 2 is 1.66 bits per heavy atom. The first-order valence-electron chi connectivity index (χ1n) is 10.7. The minimum atomic E-state index is -3.84. The molecule has 0 unspecified atom stereocenters. The van der Waals surface area contributed by atoms with E-state index in [2.05, 4.69) is 0 Å². The highest BCUT2D eigenvalue weighted by atomic mass is 32.2. The lowest BCUT2D eigenvalue weighted by atomic mass is 10.00. The summed E-state index contributed by atoms with van der Waals surface area (Å²) in [5.74, 6) is 0.101. The molecule has 0 aliphatic carbocycles. The summed E-state index contributed by atoms with van der Waals surface area (Å²) in [5.41, 5.74) is -0.431. The molecular formula is C23H27FN2O5S. The topological polar surface area (TPSA) is 76.2 Å². The largest absolute Gasteiger partial charge is 0.491 e. The fourth-order valence-electron chi connectivity index (χ4n) is 4.25. The van der Waals surface area contributed by atoms with Crippen molar-refractivity contribution in [3.63, 3.8) is 0 Å². The quantitative estimate of drug-likeness (QED) is 0.682. The lowest BCUT2D eigenvalue weighted by molar-refractivity contribution is -0.0857. The van der Waals surface area contributed by atoms with Gasteiger partial charge in [0.05, 0.1) is 17.6 Å². The second-order valence-electron chi connectivity index (χ2n) is 8.31. The van der Waals surface area contributed by atoms with E-state index < -0.39 is 21.6 Å². The third-order valence-corrected chi connectivity index (χ3v) is 7.79. The summed E-state index contributed by atoms with van der Waals surface area (Å²) in [6.07, 6.45) is 0.789. The highest BCUT2D eigenvalue weighted by molar-refractivity contribution is 7.89. The van der Waals surface area contributed by atoms with Crippen molar-refractivity contribution in [2.24, 2.45) is 0 Å². The van der Waals surface area contributed by atoms with Crippen LogP contribution in [0, 0.1) is 5.82 Å². The Labute approximate surface area is 187 Å². The predicted molar refractivity (Wildman–Crippen MR) is 116 cm³/mol. The third kappa shape index (κ3) is 4.37. The SMILES string of the molecule is CC(C)Oc1ccc(C(=O)N2CCC3(CC2)OCCN3S(=O)(=O)c2ccc(F)cc2)cc1. The van der Waals surface area contributed by atoms with Gasteiger partial charge in [-0.2, -0.15) is 4.31 Å². The second-order valence-corrected chi connectivity index (χ2v) is 10.2. The van der Waals surface area contributed by atoms with Crippen LogP contribution in [0.4, 0.5) is 4.39 Å². The summed E-state index contributed by atoms with van der Waals surface area (Å²) in [4.78, 5) is 14.7. The zero-order chi connectivity index (χ0) is 22.9. The molecule has 2 aromatic rings. The van der Waals surface area contributed by atoms with Crippen molar-refractivity contribution in [1.82, 2.24) is 9.21 Å². The number of benzene rings is 2. The number of ether oxygens (including phenoxy) is 2. The molecule has 0 bridgehead atoms. The molecular weight excluding hydrogens is 435 g/mol. The van der Waals surface area contributed by atoms with Gasteiger partial charge >= 0.3 is 0 Å². The highest BCUT2D eigenvalue weighted by Gasteiger charge is 2.51. The number of hydrogen-bond donors (Lipinski definition) is 0. The number of sulfonamides is 1. The van der Waals surface area contributed by atoms with E-state index in [4.69, 9.17) is 9.47 Å². The molecule has 2 aliphatic heterocycles. The molecule has 172 valence electrons. The van der Waals surface area contributed by atoms with Crippen molar-refractivity contribution in [3.8, 4) is 5.75 Å². The van der Waals surface area contributed by atoms with Gasteiger partial charge in [-0.1, -0.05) is 0 Å². The first-order valence-corrected chi connectivity index (χ1v) is 12.1. The second kappa shape index (κ2) is 8.80. The molecule has 2 aliphatic rings. The normalized spacial score (nSPS) is 18.9. The molecule has 2 aromatic carbocycles. The van der Waals surface area contributed by atoms with Gasteiger partial charge in [0, 0.05) is 38.0 Å². The number of carbonyl (C=O) groups excluding carboxylic acids is 1. The number of rotatable bonds is 5. The van der Waals surface area contributed by atoms with Gasteiger partial charge in [-0.05, 0) is 62.4 Å². The van der Waals surface area contributed by atoms with E-state index >= 15 is 0 Å². The number of piperidine rings is 1. The maximum absolute atomic E-state index is 13.3. The molecule has 0 radical (unpaired) electrons. The van der Waals surface area contributed by atoms with Crippen LogP contribution in [-0.4, -0.2) is 61.6 Å². The fourth-order valence-corrected chi connectivity index (χ4v) is 5.97. The molecule has 2 fully saturated rings. The number of halogens is 1. The van der Waals surface area contributed by atoms with Crippen LogP contribution in [0.3, 0.4) is 0 Å². The summed E-state index contributed by atoms with van der Waals surface area (Å²) in [6, 6.07) is 11.8. The summed E-state index contributed by atoms with van der Waals surface area (Å²) >= 11 is 0. The first kappa shape index (κ1) is 22.7. The van der Waals surface area contributed by atoms with Gasteiger partial charge in [-0.25, -0.2) is 12.8 Å². The van der Waals surface area contributed by atoms with Crippen molar-refractivity contribution in [2.45, 2.75) is 43.4 Å². The Balaban J connectivity index is 1.46. The molecule has 7 nitrogen and oxygen atoms in total. The molecule has 32 heavy (non-hydrogen) atoms. The van der Waals surface area contributed by atoms with E-state index in [1.54, 1.807) is 29.2 Å². The number of hydrogen-bond acceptors (Lipinski definition) is 5. The van der Waals surface area contributed by atoms with Crippen LogP contribution in [0.2, 0.25) is 0 Å². The van der Waals surface area contributed by atoms with Crippen molar-refractivity contribution in [2.75, 3.05) is 26.2 Å². The molecule has 0 N–H and O–H groups in total. The average molecular weight is 463 g/mol. The van der Waals surface area contributed by atoms with Gasteiger partial charge < -0.3 is 14.4 Å². The van der Waals surface area contributed by atoms with Crippen LogP contribution in [0.1, 0.15) is 37.0 Å². The smallest absolute Gasteiger partial charge is 0.253 e. The molecule has 1 amide bonds. The maximum atomic E-state index is 13.3. The fraction of sp³-hybridized carbons (Fsp3) is 0.435. The van der Waals surface area contributed by atoms with Crippen LogP contribution in [0.15, 0.2) is 53.4 Å².